The van der Waals surface area contributed by atoms with Crippen molar-refractivity contribution in [2.45, 2.75) is 22.6 Å². The summed E-state index contributed by atoms with van der Waals surface area (Å²) in [5.41, 5.74) is 0. The zero-order valence-electron chi connectivity index (χ0n) is 14.0. The molecule has 1 aromatic carbocycles. The van der Waals surface area contributed by atoms with E-state index in [1.54, 1.807) is 14.1 Å². The Hall–Kier alpha value is -1.45. The molecule has 1 aliphatic heterocycles. The largest absolute Gasteiger partial charge is 0.349 e. The third-order valence-electron chi connectivity index (χ3n) is 4.06. The number of hydrogen-bond donors (Lipinski definition) is 0. The molecule has 1 aliphatic rings. The summed E-state index contributed by atoms with van der Waals surface area (Å²) in [5.74, 6) is -0.429. The Labute approximate surface area is 143 Å². The molecule has 1 amide bonds. The molecule has 0 unspecified atom stereocenters. The number of carbonyl (C=O) groups excluding carboxylic acids is 1. The highest BCUT2D eigenvalue weighted by molar-refractivity contribution is 7.90. The summed E-state index contributed by atoms with van der Waals surface area (Å²) in [6.07, 6.45) is 2.35. The van der Waals surface area contributed by atoms with E-state index in [4.69, 9.17) is 0 Å². The van der Waals surface area contributed by atoms with Gasteiger partial charge in [0.05, 0.1) is 15.7 Å². The Kier molecular flexibility index (Phi) is 5.36. The molecule has 1 fully saturated rings. The van der Waals surface area contributed by atoms with Crippen LogP contribution in [0.5, 0.6) is 0 Å². The third-order valence-corrected chi connectivity index (χ3v) is 7.07. The van der Waals surface area contributed by atoms with E-state index in [2.05, 4.69) is 0 Å². The summed E-state index contributed by atoms with van der Waals surface area (Å²) >= 11 is 0. The number of piperidine rings is 1. The van der Waals surface area contributed by atoms with Crippen LogP contribution >= 0.6 is 0 Å². The van der Waals surface area contributed by atoms with Crippen molar-refractivity contribution in [3.8, 4) is 0 Å². The maximum Gasteiger partial charge on any atom is 0.243 e. The molecular formula is C15H22N2O5S2. The molecule has 134 valence electrons. The second kappa shape index (κ2) is 6.81. The monoisotopic (exact) mass is 374 g/mol. The van der Waals surface area contributed by atoms with E-state index in [1.807, 2.05) is 0 Å². The van der Waals surface area contributed by atoms with Crippen molar-refractivity contribution in [1.29, 1.82) is 0 Å². The molecule has 1 atom stereocenters. The third kappa shape index (κ3) is 3.96. The highest BCUT2D eigenvalue weighted by Crippen LogP contribution is 2.25. The predicted octanol–water partition coefficient (Wildman–Crippen LogP) is 0.579. The van der Waals surface area contributed by atoms with Crippen LogP contribution in [0.4, 0.5) is 0 Å². The fourth-order valence-electron chi connectivity index (χ4n) is 2.74. The van der Waals surface area contributed by atoms with Gasteiger partial charge in [-0.1, -0.05) is 0 Å². The summed E-state index contributed by atoms with van der Waals surface area (Å²) in [7, 11) is -3.82. The van der Waals surface area contributed by atoms with Crippen molar-refractivity contribution in [1.82, 2.24) is 9.21 Å². The lowest BCUT2D eigenvalue weighted by Gasteiger charge is -2.32. The van der Waals surface area contributed by atoms with Gasteiger partial charge in [-0.15, -0.1) is 0 Å². The number of sulfone groups is 1. The zero-order valence-corrected chi connectivity index (χ0v) is 15.6. The number of rotatable bonds is 4. The van der Waals surface area contributed by atoms with Crippen LogP contribution in [-0.2, 0) is 24.7 Å². The van der Waals surface area contributed by atoms with Crippen LogP contribution in [0.15, 0.2) is 34.1 Å². The zero-order chi connectivity index (χ0) is 18.1. The quantitative estimate of drug-likeness (QED) is 0.769. The Morgan fingerprint density at radius 3 is 2.12 bits per heavy atom. The van der Waals surface area contributed by atoms with Gasteiger partial charge in [0, 0.05) is 33.4 Å². The van der Waals surface area contributed by atoms with Gasteiger partial charge < -0.3 is 4.90 Å². The Morgan fingerprint density at radius 1 is 1.08 bits per heavy atom. The minimum absolute atomic E-state index is 0.0350. The molecular weight excluding hydrogens is 352 g/mol. The number of hydrogen-bond acceptors (Lipinski definition) is 5. The van der Waals surface area contributed by atoms with Crippen molar-refractivity contribution in [3.63, 3.8) is 0 Å². The lowest BCUT2D eigenvalue weighted by Crippen LogP contribution is -2.45. The minimum atomic E-state index is -3.75. The average molecular weight is 374 g/mol. The normalized spacial score (nSPS) is 19.9. The molecule has 0 spiro atoms. The van der Waals surface area contributed by atoms with E-state index in [9.17, 15) is 21.6 Å². The summed E-state index contributed by atoms with van der Waals surface area (Å²) < 4.78 is 49.7. The van der Waals surface area contributed by atoms with Crippen molar-refractivity contribution < 1.29 is 21.6 Å². The van der Waals surface area contributed by atoms with Crippen LogP contribution in [0, 0.1) is 5.92 Å². The number of amides is 1. The van der Waals surface area contributed by atoms with E-state index >= 15 is 0 Å². The van der Waals surface area contributed by atoms with Crippen LogP contribution in [0.2, 0.25) is 0 Å². The van der Waals surface area contributed by atoms with Crippen molar-refractivity contribution in [2.24, 2.45) is 5.92 Å². The summed E-state index contributed by atoms with van der Waals surface area (Å²) in [6.45, 7) is 0.501. The maximum absolute atomic E-state index is 12.7. The lowest BCUT2D eigenvalue weighted by atomic mass is 9.98. The van der Waals surface area contributed by atoms with E-state index in [0.717, 1.165) is 6.26 Å². The van der Waals surface area contributed by atoms with Gasteiger partial charge in [0.2, 0.25) is 15.9 Å². The molecule has 0 saturated carbocycles. The lowest BCUT2D eigenvalue weighted by molar-refractivity contribution is -0.134. The summed E-state index contributed by atoms with van der Waals surface area (Å²) in [5, 5.41) is 0. The van der Waals surface area contributed by atoms with Crippen LogP contribution in [0.1, 0.15) is 12.8 Å². The Morgan fingerprint density at radius 2 is 1.62 bits per heavy atom. The fraction of sp³-hybridized carbons (Fsp3) is 0.533. The molecule has 1 saturated heterocycles. The van der Waals surface area contributed by atoms with Crippen LogP contribution in [0.25, 0.3) is 0 Å². The Bertz CT molecular complexity index is 814. The van der Waals surface area contributed by atoms with Gasteiger partial charge in [0.1, 0.15) is 0 Å². The molecule has 0 N–H and O–H groups in total. The van der Waals surface area contributed by atoms with E-state index in [0.29, 0.717) is 19.4 Å². The highest BCUT2D eigenvalue weighted by Gasteiger charge is 2.33. The molecule has 0 aliphatic carbocycles. The first-order valence-electron chi connectivity index (χ1n) is 7.55. The molecule has 1 aromatic rings. The van der Waals surface area contributed by atoms with Crippen molar-refractivity contribution >= 4 is 25.8 Å². The predicted molar refractivity (Wildman–Crippen MR) is 89.7 cm³/mol. The molecule has 7 nitrogen and oxygen atoms in total. The smallest absolute Gasteiger partial charge is 0.243 e. The number of sulfonamides is 1. The van der Waals surface area contributed by atoms with E-state index < -0.39 is 19.9 Å². The molecule has 2 rings (SSSR count). The molecule has 0 radical (unpaired) electrons. The van der Waals surface area contributed by atoms with Gasteiger partial charge in [-0.2, -0.15) is 4.31 Å². The average Bonchev–Trinajstić information content (AvgIpc) is 2.53. The SMILES string of the molecule is CN(C)C(=O)[C@H]1CCCN(S(=O)(=O)c2ccc(S(C)(=O)=O)cc2)C1. The maximum atomic E-state index is 12.7. The highest BCUT2D eigenvalue weighted by atomic mass is 32.2. The fourth-order valence-corrected chi connectivity index (χ4v) is 4.89. The van der Waals surface area contributed by atoms with Crippen LogP contribution in [0.3, 0.4) is 0 Å². The first kappa shape index (κ1) is 18.9. The second-order valence-corrected chi connectivity index (χ2v) is 10.1. The van der Waals surface area contributed by atoms with Gasteiger partial charge >= 0.3 is 0 Å². The molecule has 0 bridgehead atoms. The van der Waals surface area contributed by atoms with E-state index in [-0.39, 0.29) is 28.2 Å². The van der Waals surface area contributed by atoms with Gasteiger partial charge in [-0.05, 0) is 37.1 Å². The first-order chi connectivity index (χ1) is 11.0. The van der Waals surface area contributed by atoms with Crippen molar-refractivity contribution in [2.75, 3.05) is 33.4 Å². The van der Waals surface area contributed by atoms with E-state index in [1.165, 1.54) is 33.5 Å². The molecule has 24 heavy (non-hydrogen) atoms. The minimum Gasteiger partial charge on any atom is -0.349 e. The summed E-state index contributed by atoms with van der Waals surface area (Å²) in [6, 6.07) is 5.16. The van der Waals surface area contributed by atoms with Gasteiger partial charge in [-0.3, -0.25) is 4.79 Å². The van der Waals surface area contributed by atoms with Crippen LogP contribution < -0.4 is 0 Å². The standard InChI is InChI=1S/C15H22N2O5S2/c1-16(2)15(18)12-5-4-10-17(11-12)24(21,22)14-8-6-13(7-9-14)23(3,19)20/h6-9,12H,4-5,10-11H2,1-3H3/t12-/m0/s1. The molecule has 9 heteroatoms. The van der Waals surface area contributed by atoms with Gasteiger partial charge in [0.25, 0.3) is 0 Å². The molecule has 1 heterocycles. The van der Waals surface area contributed by atoms with Gasteiger partial charge in [0.15, 0.2) is 9.84 Å². The summed E-state index contributed by atoms with van der Waals surface area (Å²) in [4.78, 5) is 13.7. The first-order valence-corrected chi connectivity index (χ1v) is 10.9. The van der Waals surface area contributed by atoms with Gasteiger partial charge in [-0.25, -0.2) is 16.8 Å². The Balaban J connectivity index is 2.25. The number of nitrogens with zero attached hydrogens (tertiary/aromatic N) is 2. The molecule has 0 aromatic heterocycles. The second-order valence-electron chi connectivity index (χ2n) is 6.18. The van der Waals surface area contributed by atoms with Crippen molar-refractivity contribution in [3.05, 3.63) is 24.3 Å². The number of carbonyl (C=O) groups is 1. The topological polar surface area (TPSA) is 91.8 Å². The number of benzene rings is 1. The van der Waals surface area contributed by atoms with Crippen LogP contribution in [-0.4, -0.2) is 65.4 Å².